The Morgan fingerprint density at radius 3 is 2.77 bits per heavy atom. The lowest BCUT2D eigenvalue weighted by atomic mass is 10.1. The molecule has 2 aromatic rings. The number of hydrogen-bond donors (Lipinski definition) is 3. The quantitative estimate of drug-likeness (QED) is 0.564. The van der Waals surface area contributed by atoms with Gasteiger partial charge in [0, 0.05) is 26.2 Å². The van der Waals surface area contributed by atoms with E-state index in [9.17, 15) is 19.1 Å². The maximum Gasteiger partial charge on any atom is 0.344 e. The molecule has 0 unspecified atom stereocenters. The first-order valence-electron chi connectivity index (χ1n) is 9.82. The number of carboxylic acids is 1. The van der Waals surface area contributed by atoms with Crippen LogP contribution in [0, 0.1) is 19.7 Å². The van der Waals surface area contributed by atoms with Gasteiger partial charge in [-0.15, -0.1) is 0 Å². The fourth-order valence-electron chi connectivity index (χ4n) is 3.11. The summed E-state index contributed by atoms with van der Waals surface area (Å²) in [5, 5.41) is 14.9. The molecule has 3 N–H and O–H groups in total. The number of rotatable bonds is 8. The van der Waals surface area contributed by atoms with Gasteiger partial charge < -0.3 is 19.9 Å². The standard InChI is InChI=1S/C20H25FN4O5S/c1-12-3-4-14(13(2)16(12)21)11-30-17-15(19(26)27)18(31-24-17)23-20(28)22-5-6-25-7-9-29-10-8-25/h3-4H,5-11H2,1-2H3,(H,26,27)(H2,22,23,28). The smallest absolute Gasteiger partial charge is 0.344 e. The first-order chi connectivity index (χ1) is 14.9. The van der Waals surface area contributed by atoms with Gasteiger partial charge in [-0.25, -0.2) is 14.0 Å². The summed E-state index contributed by atoms with van der Waals surface area (Å²) in [6.45, 7) is 7.31. The third kappa shape index (κ3) is 5.90. The summed E-state index contributed by atoms with van der Waals surface area (Å²) in [6.07, 6.45) is 0. The molecule has 0 saturated carbocycles. The largest absolute Gasteiger partial charge is 0.477 e. The number of ether oxygens (including phenoxy) is 2. The van der Waals surface area contributed by atoms with E-state index >= 15 is 0 Å². The fraction of sp³-hybridized carbons (Fsp3) is 0.450. The highest BCUT2D eigenvalue weighted by molar-refractivity contribution is 7.11. The summed E-state index contributed by atoms with van der Waals surface area (Å²) in [6, 6.07) is 2.83. The minimum Gasteiger partial charge on any atom is -0.477 e. The first-order valence-corrected chi connectivity index (χ1v) is 10.6. The molecule has 1 aliphatic heterocycles. The molecule has 2 heterocycles. The Hall–Kier alpha value is -2.76. The molecule has 2 amide bonds. The molecule has 3 rings (SSSR count). The molecule has 1 saturated heterocycles. The second kappa shape index (κ2) is 10.5. The number of anilines is 1. The number of aromatic carboxylic acids is 1. The molecular weight excluding hydrogens is 427 g/mol. The Morgan fingerprint density at radius 2 is 2.06 bits per heavy atom. The van der Waals surface area contributed by atoms with E-state index in [1.807, 2.05) is 0 Å². The maximum atomic E-state index is 14.1. The molecule has 0 spiro atoms. The van der Waals surface area contributed by atoms with E-state index in [-0.39, 0.29) is 28.9 Å². The molecule has 31 heavy (non-hydrogen) atoms. The van der Waals surface area contributed by atoms with Crippen LogP contribution in [0.2, 0.25) is 0 Å². The number of hydrogen-bond acceptors (Lipinski definition) is 7. The van der Waals surface area contributed by atoms with Crippen LogP contribution in [-0.2, 0) is 11.3 Å². The van der Waals surface area contributed by atoms with E-state index in [0.717, 1.165) is 24.6 Å². The summed E-state index contributed by atoms with van der Waals surface area (Å²) < 4.78 is 28.9. The number of morpholine rings is 1. The monoisotopic (exact) mass is 452 g/mol. The van der Waals surface area contributed by atoms with Crippen molar-refractivity contribution in [2.45, 2.75) is 20.5 Å². The Labute approximate surface area is 183 Å². The zero-order valence-corrected chi connectivity index (χ0v) is 18.2. The number of halogens is 1. The molecule has 1 aromatic heterocycles. The molecule has 0 radical (unpaired) electrons. The summed E-state index contributed by atoms with van der Waals surface area (Å²) in [5.41, 5.74) is 1.30. The molecule has 11 heteroatoms. The number of carbonyl (C=O) groups is 2. The van der Waals surface area contributed by atoms with Gasteiger partial charge in [0.05, 0.1) is 13.2 Å². The van der Waals surface area contributed by atoms with Gasteiger partial charge in [-0.2, -0.15) is 4.37 Å². The van der Waals surface area contributed by atoms with Crippen LogP contribution < -0.4 is 15.4 Å². The van der Waals surface area contributed by atoms with E-state index in [1.165, 1.54) is 0 Å². The number of aryl methyl sites for hydroxylation is 1. The Kier molecular flexibility index (Phi) is 7.77. The van der Waals surface area contributed by atoms with Crippen molar-refractivity contribution in [3.63, 3.8) is 0 Å². The molecule has 168 valence electrons. The highest BCUT2D eigenvalue weighted by atomic mass is 32.1. The van der Waals surface area contributed by atoms with E-state index in [4.69, 9.17) is 9.47 Å². The third-order valence-electron chi connectivity index (χ3n) is 4.98. The van der Waals surface area contributed by atoms with Crippen molar-refractivity contribution in [2.24, 2.45) is 0 Å². The molecule has 0 bridgehead atoms. The molecule has 0 aliphatic carbocycles. The number of aromatic nitrogens is 1. The van der Waals surface area contributed by atoms with Gasteiger partial charge in [-0.05, 0) is 42.1 Å². The molecular formula is C20H25FN4O5S. The van der Waals surface area contributed by atoms with Crippen LogP contribution >= 0.6 is 11.5 Å². The second-order valence-electron chi connectivity index (χ2n) is 7.10. The predicted octanol–water partition coefficient (Wildman–Crippen LogP) is 2.63. The lowest BCUT2D eigenvalue weighted by Gasteiger charge is -2.26. The highest BCUT2D eigenvalue weighted by Gasteiger charge is 2.24. The van der Waals surface area contributed by atoms with E-state index in [2.05, 4.69) is 19.9 Å². The van der Waals surface area contributed by atoms with Crippen LogP contribution in [0.5, 0.6) is 5.88 Å². The van der Waals surface area contributed by atoms with Crippen LogP contribution in [0.4, 0.5) is 14.2 Å². The number of amides is 2. The summed E-state index contributed by atoms with van der Waals surface area (Å²) in [7, 11) is 0. The van der Waals surface area contributed by atoms with Crippen molar-refractivity contribution in [3.05, 3.63) is 40.2 Å². The lowest BCUT2D eigenvalue weighted by Crippen LogP contribution is -2.42. The molecule has 0 atom stereocenters. The van der Waals surface area contributed by atoms with E-state index < -0.39 is 12.0 Å². The highest BCUT2D eigenvalue weighted by Crippen LogP contribution is 2.31. The van der Waals surface area contributed by atoms with E-state index in [0.29, 0.717) is 43.0 Å². The topological polar surface area (TPSA) is 113 Å². The van der Waals surface area contributed by atoms with Crippen molar-refractivity contribution in [1.82, 2.24) is 14.6 Å². The number of carbonyl (C=O) groups excluding carboxylic acids is 1. The zero-order valence-electron chi connectivity index (χ0n) is 17.4. The lowest BCUT2D eigenvalue weighted by molar-refractivity contribution is 0.0388. The number of carboxylic acid groups (broad SMARTS) is 1. The minimum atomic E-state index is -1.28. The molecule has 1 aromatic carbocycles. The van der Waals surface area contributed by atoms with Crippen molar-refractivity contribution in [3.8, 4) is 5.88 Å². The molecule has 1 fully saturated rings. The predicted molar refractivity (Wildman–Crippen MR) is 114 cm³/mol. The average molecular weight is 453 g/mol. The third-order valence-corrected chi connectivity index (χ3v) is 5.72. The summed E-state index contributed by atoms with van der Waals surface area (Å²) in [5.74, 6) is -1.73. The fourth-order valence-corrected chi connectivity index (χ4v) is 3.83. The van der Waals surface area contributed by atoms with Gasteiger partial charge in [0.1, 0.15) is 17.4 Å². The van der Waals surface area contributed by atoms with Crippen LogP contribution in [0.15, 0.2) is 12.1 Å². The average Bonchev–Trinajstić information content (AvgIpc) is 3.15. The van der Waals surface area contributed by atoms with Crippen molar-refractivity contribution in [2.75, 3.05) is 44.7 Å². The zero-order chi connectivity index (χ0) is 22.4. The van der Waals surface area contributed by atoms with Crippen LogP contribution in [0.3, 0.4) is 0 Å². The van der Waals surface area contributed by atoms with Gasteiger partial charge in [0.25, 0.3) is 0 Å². The van der Waals surface area contributed by atoms with Crippen molar-refractivity contribution in [1.29, 1.82) is 0 Å². The first kappa shape index (κ1) is 22.9. The summed E-state index contributed by atoms with van der Waals surface area (Å²) >= 11 is 0.810. The number of urea groups is 1. The summed E-state index contributed by atoms with van der Waals surface area (Å²) in [4.78, 5) is 26.1. The van der Waals surface area contributed by atoms with Crippen molar-refractivity contribution < 1.29 is 28.6 Å². The van der Waals surface area contributed by atoms with Gasteiger partial charge in [-0.1, -0.05) is 12.1 Å². The van der Waals surface area contributed by atoms with Crippen LogP contribution in [0.25, 0.3) is 0 Å². The Morgan fingerprint density at radius 1 is 1.32 bits per heavy atom. The second-order valence-corrected chi connectivity index (χ2v) is 7.87. The van der Waals surface area contributed by atoms with Crippen LogP contribution in [-0.4, -0.2) is 65.8 Å². The van der Waals surface area contributed by atoms with Crippen molar-refractivity contribution >= 4 is 28.5 Å². The van der Waals surface area contributed by atoms with Crippen LogP contribution in [0.1, 0.15) is 27.0 Å². The van der Waals surface area contributed by atoms with Gasteiger partial charge >= 0.3 is 12.0 Å². The Bertz CT molecular complexity index is 946. The minimum absolute atomic E-state index is 0.0434. The maximum absolute atomic E-state index is 14.1. The molecule has 9 nitrogen and oxygen atoms in total. The van der Waals surface area contributed by atoms with E-state index in [1.54, 1.807) is 26.0 Å². The van der Waals surface area contributed by atoms with Gasteiger partial charge in [-0.3, -0.25) is 10.2 Å². The molecule has 1 aliphatic rings. The SMILES string of the molecule is Cc1ccc(COc2nsc(NC(=O)NCCN3CCOCC3)c2C(=O)O)c(C)c1F. The van der Waals surface area contributed by atoms with Gasteiger partial charge in [0.15, 0.2) is 5.56 Å². The normalized spacial score (nSPS) is 14.3. The number of benzene rings is 1. The van der Waals surface area contributed by atoms with Gasteiger partial charge in [0.2, 0.25) is 5.88 Å². The number of nitrogens with one attached hydrogen (secondary N) is 2. The Balaban J connectivity index is 1.59. The number of nitrogens with zero attached hydrogens (tertiary/aromatic N) is 2.